The maximum Gasteiger partial charge on any atom is 0.320 e. The van der Waals surface area contributed by atoms with Gasteiger partial charge in [0.2, 0.25) is 0 Å². The molecule has 1 fully saturated rings. The molecule has 1 aromatic rings. The van der Waals surface area contributed by atoms with E-state index in [1.807, 2.05) is 0 Å². The van der Waals surface area contributed by atoms with Crippen LogP contribution in [0.5, 0.6) is 0 Å². The van der Waals surface area contributed by atoms with E-state index < -0.39 is 29.7 Å². The van der Waals surface area contributed by atoms with Crippen LogP contribution in [0, 0.1) is 18.6 Å². The maximum absolute atomic E-state index is 13.8. The predicted octanol–water partition coefficient (Wildman–Crippen LogP) is 2.54. The Morgan fingerprint density at radius 3 is 2.72 bits per heavy atom. The van der Waals surface area contributed by atoms with Crippen molar-refractivity contribution < 1.29 is 18.7 Å². The molecule has 0 amide bonds. The zero-order chi connectivity index (χ0) is 13.3. The van der Waals surface area contributed by atoms with Crippen molar-refractivity contribution in [3.63, 3.8) is 0 Å². The number of rotatable bonds is 2. The molecule has 0 aliphatic carbocycles. The lowest BCUT2D eigenvalue weighted by molar-refractivity contribution is -0.140. The third kappa shape index (κ3) is 2.36. The average Bonchev–Trinajstić information content (AvgIpc) is 2.36. The Kier molecular flexibility index (Phi) is 3.61. The quantitative estimate of drug-likeness (QED) is 0.853. The summed E-state index contributed by atoms with van der Waals surface area (Å²) in [6.45, 7) is 1.50. The Morgan fingerprint density at radius 1 is 1.33 bits per heavy atom. The topological polar surface area (TPSA) is 49.3 Å². The van der Waals surface area contributed by atoms with Crippen LogP contribution in [-0.2, 0) is 4.79 Å². The first-order chi connectivity index (χ1) is 8.50. The van der Waals surface area contributed by atoms with Crippen LogP contribution in [-0.4, -0.2) is 17.1 Å². The number of carboxylic acids is 1. The second-order valence-electron chi connectivity index (χ2n) is 4.64. The zero-order valence-corrected chi connectivity index (χ0v) is 10.0. The Labute approximate surface area is 104 Å². The second-order valence-corrected chi connectivity index (χ2v) is 4.64. The fourth-order valence-electron chi connectivity index (χ4n) is 2.31. The first-order valence-electron chi connectivity index (χ1n) is 5.94. The number of hydrogen-bond acceptors (Lipinski definition) is 2. The van der Waals surface area contributed by atoms with E-state index in [0.29, 0.717) is 19.3 Å². The van der Waals surface area contributed by atoms with Gasteiger partial charge >= 0.3 is 5.97 Å². The van der Waals surface area contributed by atoms with Gasteiger partial charge in [-0.25, -0.2) is 8.78 Å². The van der Waals surface area contributed by atoms with Crippen LogP contribution >= 0.6 is 0 Å². The molecule has 1 aliphatic rings. The molecule has 0 aromatic heterocycles. The van der Waals surface area contributed by atoms with Crippen LogP contribution < -0.4 is 5.32 Å². The lowest BCUT2D eigenvalue weighted by Crippen LogP contribution is -2.42. The number of hydrogen-bond donors (Lipinski definition) is 2. The van der Waals surface area contributed by atoms with E-state index >= 15 is 0 Å². The number of piperidine rings is 1. The molecular formula is C13H15F2NO2. The molecule has 2 N–H and O–H groups in total. The van der Waals surface area contributed by atoms with E-state index in [0.717, 1.165) is 0 Å². The smallest absolute Gasteiger partial charge is 0.320 e. The summed E-state index contributed by atoms with van der Waals surface area (Å²) in [5.74, 6) is -2.68. The van der Waals surface area contributed by atoms with Crippen molar-refractivity contribution in [2.45, 2.75) is 38.3 Å². The fraction of sp³-hybridized carbons (Fsp3) is 0.462. The van der Waals surface area contributed by atoms with Gasteiger partial charge in [-0.1, -0.05) is 12.1 Å². The van der Waals surface area contributed by atoms with E-state index in [2.05, 4.69) is 5.32 Å². The molecule has 0 spiro atoms. The molecule has 3 nitrogen and oxygen atoms in total. The molecule has 98 valence electrons. The van der Waals surface area contributed by atoms with Gasteiger partial charge in [0.15, 0.2) is 11.6 Å². The Bertz CT molecular complexity index is 476. The highest BCUT2D eigenvalue weighted by atomic mass is 19.2. The van der Waals surface area contributed by atoms with Gasteiger partial charge in [-0.05, 0) is 31.7 Å². The van der Waals surface area contributed by atoms with E-state index in [4.69, 9.17) is 5.11 Å². The second kappa shape index (κ2) is 5.02. The minimum absolute atomic E-state index is 0.212. The molecule has 2 rings (SSSR count). The van der Waals surface area contributed by atoms with E-state index in [1.165, 1.54) is 19.1 Å². The van der Waals surface area contributed by atoms with Gasteiger partial charge in [0.05, 0.1) is 0 Å². The summed E-state index contributed by atoms with van der Waals surface area (Å²) in [6, 6.07) is 1.91. The van der Waals surface area contributed by atoms with Gasteiger partial charge in [0.25, 0.3) is 0 Å². The SMILES string of the molecule is Cc1ccc(C2CCCC(C(=O)O)N2)c(F)c1F. The summed E-state index contributed by atoms with van der Waals surface area (Å²) >= 11 is 0. The molecule has 1 aromatic carbocycles. The summed E-state index contributed by atoms with van der Waals surface area (Å²) in [6.07, 6.45) is 1.81. The van der Waals surface area contributed by atoms with Crippen molar-refractivity contribution in [1.82, 2.24) is 5.32 Å². The standard InChI is InChI=1S/C13H15F2NO2/c1-7-5-6-8(12(15)11(7)14)9-3-2-4-10(16-9)13(17)18/h5-6,9-10,16H,2-4H2,1H3,(H,17,18). The molecule has 1 saturated heterocycles. The van der Waals surface area contributed by atoms with Crippen molar-refractivity contribution in [2.24, 2.45) is 0 Å². The normalized spacial score (nSPS) is 23.9. The first-order valence-corrected chi connectivity index (χ1v) is 5.94. The Balaban J connectivity index is 2.26. The van der Waals surface area contributed by atoms with Gasteiger partial charge in [-0.2, -0.15) is 0 Å². The summed E-state index contributed by atoms with van der Waals surface area (Å²) in [4.78, 5) is 10.9. The van der Waals surface area contributed by atoms with Gasteiger partial charge in [-0.15, -0.1) is 0 Å². The average molecular weight is 255 g/mol. The first kappa shape index (κ1) is 13.0. The van der Waals surface area contributed by atoms with Crippen LogP contribution in [0.2, 0.25) is 0 Å². The number of aryl methyl sites for hydroxylation is 1. The van der Waals surface area contributed by atoms with Gasteiger partial charge in [0.1, 0.15) is 6.04 Å². The van der Waals surface area contributed by atoms with Crippen LogP contribution in [0.4, 0.5) is 8.78 Å². The molecule has 18 heavy (non-hydrogen) atoms. The third-order valence-electron chi connectivity index (χ3n) is 3.37. The minimum atomic E-state index is -0.951. The van der Waals surface area contributed by atoms with Crippen molar-refractivity contribution in [2.75, 3.05) is 0 Å². The molecule has 2 atom stereocenters. The lowest BCUT2D eigenvalue weighted by Gasteiger charge is -2.29. The van der Waals surface area contributed by atoms with Crippen molar-refractivity contribution in [3.05, 3.63) is 34.9 Å². The van der Waals surface area contributed by atoms with Gasteiger partial charge in [-0.3, -0.25) is 10.1 Å². The molecule has 0 saturated carbocycles. The van der Waals surface area contributed by atoms with E-state index in [-0.39, 0.29) is 11.1 Å². The number of carbonyl (C=O) groups is 1. The molecule has 1 heterocycles. The van der Waals surface area contributed by atoms with Crippen molar-refractivity contribution in [3.8, 4) is 0 Å². The minimum Gasteiger partial charge on any atom is -0.480 e. The van der Waals surface area contributed by atoms with Crippen molar-refractivity contribution >= 4 is 5.97 Å². The Morgan fingerprint density at radius 2 is 2.06 bits per heavy atom. The Hall–Kier alpha value is -1.49. The number of nitrogens with one attached hydrogen (secondary N) is 1. The molecule has 0 bridgehead atoms. The fourth-order valence-corrected chi connectivity index (χ4v) is 2.31. The predicted molar refractivity (Wildman–Crippen MR) is 62.2 cm³/mol. The molecule has 0 radical (unpaired) electrons. The monoisotopic (exact) mass is 255 g/mol. The van der Waals surface area contributed by atoms with Gasteiger partial charge < -0.3 is 5.11 Å². The number of benzene rings is 1. The highest BCUT2D eigenvalue weighted by Gasteiger charge is 2.29. The third-order valence-corrected chi connectivity index (χ3v) is 3.37. The summed E-state index contributed by atoms with van der Waals surface area (Å²) < 4.78 is 27.3. The van der Waals surface area contributed by atoms with Crippen LogP contribution in [0.1, 0.15) is 36.4 Å². The lowest BCUT2D eigenvalue weighted by atomic mass is 9.92. The molecule has 2 unspecified atom stereocenters. The molecule has 1 aliphatic heterocycles. The highest BCUT2D eigenvalue weighted by Crippen LogP contribution is 2.29. The number of aliphatic carboxylic acids is 1. The van der Waals surface area contributed by atoms with Crippen LogP contribution in [0.15, 0.2) is 12.1 Å². The number of halogens is 2. The van der Waals surface area contributed by atoms with E-state index in [9.17, 15) is 13.6 Å². The number of carboxylic acid groups (broad SMARTS) is 1. The largest absolute Gasteiger partial charge is 0.480 e. The highest BCUT2D eigenvalue weighted by molar-refractivity contribution is 5.73. The maximum atomic E-state index is 13.8. The zero-order valence-electron chi connectivity index (χ0n) is 10.0. The molecular weight excluding hydrogens is 240 g/mol. The summed E-state index contributed by atoms with van der Waals surface area (Å²) in [5, 5.41) is 11.8. The van der Waals surface area contributed by atoms with Crippen molar-refractivity contribution in [1.29, 1.82) is 0 Å². The van der Waals surface area contributed by atoms with Gasteiger partial charge in [0, 0.05) is 11.6 Å². The van der Waals surface area contributed by atoms with Crippen LogP contribution in [0.3, 0.4) is 0 Å². The summed E-state index contributed by atoms with van der Waals surface area (Å²) in [7, 11) is 0. The van der Waals surface area contributed by atoms with Crippen LogP contribution in [0.25, 0.3) is 0 Å². The van der Waals surface area contributed by atoms with E-state index in [1.54, 1.807) is 0 Å². The molecule has 5 heteroatoms. The summed E-state index contributed by atoms with van der Waals surface area (Å²) in [5.41, 5.74) is 0.464.